The molecule has 4 rings (SSSR count). The van der Waals surface area contributed by atoms with Gasteiger partial charge in [-0.05, 0) is 17.7 Å². The number of para-hydroxylation sites is 2. The Labute approximate surface area is 156 Å². The van der Waals surface area contributed by atoms with Gasteiger partial charge in [-0.15, -0.1) is 0 Å². The lowest BCUT2D eigenvalue weighted by molar-refractivity contribution is -0.128. The van der Waals surface area contributed by atoms with Gasteiger partial charge < -0.3 is 15.4 Å². The van der Waals surface area contributed by atoms with Crippen LogP contribution in [-0.4, -0.2) is 27.7 Å². The van der Waals surface area contributed by atoms with Crippen molar-refractivity contribution in [1.82, 2.24) is 9.78 Å². The van der Waals surface area contributed by atoms with Crippen molar-refractivity contribution in [1.29, 1.82) is 0 Å². The Morgan fingerprint density at radius 3 is 2.78 bits per heavy atom. The zero-order valence-corrected chi connectivity index (χ0v) is 14.5. The van der Waals surface area contributed by atoms with Crippen molar-refractivity contribution in [3.63, 3.8) is 0 Å². The molecule has 136 valence electrons. The fourth-order valence-corrected chi connectivity index (χ4v) is 2.89. The number of anilines is 2. The average molecular weight is 362 g/mol. The van der Waals surface area contributed by atoms with Crippen LogP contribution in [0, 0.1) is 0 Å². The Hall–Kier alpha value is -3.61. The first-order chi connectivity index (χ1) is 13.2. The van der Waals surface area contributed by atoms with Crippen molar-refractivity contribution < 1.29 is 14.3 Å². The van der Waals surface area contributed by atoms with Gasteiger partial charge in [0.05, 0.1) is 30.5 Å². The summed E-state index contributed by atoms with van der Waals surface area (Å²) < 4.78 is 7.38. The van der Waals surface area contributed by atoms with Crippen LogP contribution in [0.5, 0.6) is 5.75 Å². The van der Waals surface area contributed by atoms with Crippen LogP contribution in [0.3, 0.4) is 0 Å². The number of rotatable bonds is 5. The number of nitrogens with zero attached hydrogens (tertiary/aromatic N) is 2. The van der Waals surface area contributed by atoms with Gasteiger partial charge in [0.25, 0.3) is 5.91 Å². The van der Waals surface area contributed by atoms with Crippen LogP contribution >= 0.6 is 0 Å². The fraction of sp³-hybridized carbons (Fsp3) is 0.150. The van der Waals surface area contributed by atoms with Crippen LogP contribution in [-0.2, 0) is 16.1 Å². The molecule has 7 nitrogen and oxygen atoms in total. The Balaban J connectivity index is 1.35. The van der Waals surface area contributed by atoms with Crippen molar-refractivity contribution in [2.45, 2.75) is 19.1 Å². The van der Waals surface area contributed by atoms with E-state index in [1.807, 2.05) is 42.5 Å². The van der Waals surface area contributed by atoms with E-state index in [9.17, 15) is 9.59 Å². The molecule has 3 aromatic rings. The number of aromatic nitrogens is 2. The molecular weight excluding hydrogens is 344 g/mol. The average Bonchev–Trinajstić information content (AvgIpc) is 3.10. The van der Waals surface area contributed by atoms with Crippen LogP contribution in [0.4, 0.5) is 11.4 Å². The topological polar surface area (TPSA) is 85.2 Å². The summed E-state index contributed by atoms with van der Waals surface area (Å²) in [6.45, 7) is 0.613. The molecule has 1 aliphatic rings. The Bertz CT molecular complexity index is 968. The largest absolute Gasteiger partial charge is 0.478 e. The minimum Gasteiger partial charge on any atom is -0.478 e. The van der Waals surface area contributed by atoms with Gasteiger partial charge in [0.1, 0.15) is 5.75 Å². The first-order valence-electron chi connectivity index (χ1n) is 8.60. The smallest absolute Gasteiger partial charge is 0.266 e. The highest BCUT2D eigenvalue weighted by atomic mass is 16.5. The minimum atomic E-state index is -0.862. The number of benzene rings is 2. The molecule has 0 radical (unpaired) electrons. The van der Waals surface area contributed by atoms with E-state index in [0.29, 0.717) is 23.7 Å². The van der Waals surface area contributed by atoms with Gasteiger partial charge in [-0.25, -0.2) is 0 Å². The second kappa shape index (κ2) is 7.33. The quantitative estimate of drug-likeness (QED) is 0.731. The Morgan fingerprint density at radius 2 is 1.93 bits per heavy atom. The van der Waals surface area contributed by atoms with Crippen molar-refractivity contribution in [2.24, 2.45) is 0 Å². The number of hydrogen-bond acceptors (Lipinski definition) is 4. The second-order valence-corrected chi connectivity index (χ2v) is 6.26. The van der Waals surface area contributed by atoms with Crippen molar-refractivity contribution in [3.05, 3.63) is 72.6 Å². The second-order valence-electron chi connectivity index (χ2n) is 6.26. The highest BCUT2D eigenvalue weighted by Crippen LogP contribution is 2.29. The summed E-state index contributed by atoms with van der Waals surface area (Å²) in [6, 6.07) is 17.0. The maximum Gasteiger partial charge on any atom is 0.266 e. The number of fused-ring (bicyclic) bond motifs is 1. The van der Waals surface area contributed by atoms with Crippen LogP contribution in [0.25, 0.3) is 0 Å². The number of ether oxygens (including phenoxy) is 1. The van der Waals surface area contributed by atoms with Gasteiger partial charge in [0.15, 0.2) is 6.10 Å². The Kier molecular flexibility index (Phi) is 4.57. The zero-order chi connectivity index (χ0) is 18.6. The van der Waals surface area contributed by atoms with Crippen LogP contribution in [0.2, 0.25) is 0 Å². The molecule has 7 heteroatoms. The zero-order valence-electron chi connectivity index (χ0n) is 14.5. The van der Waals surface area contributed by atoms with Crippen LogP contribution in [0.1, 0.15) is 12.0 Å². The van der Waals surface area contributed by atoms with E-state index >= 15 is 0 Å². The lowest BCUT2D eigenvalue weighted by atomic mass is 10.1. The standard InChI is InChI=1S/C20H18N4O3/c25-19(10-18-20(26)23-16-8-4-5-9-17(16)27-18)22-15-11-21-24(13-15)12-14-6-2-1-3-7-14/h1-9,11,13,18H,10,12H2,(H,22,25)(H,23,26). The third-order valence-electron chi connectivity index (χ3n) is 4.18. The summed E-state index contributed by atoms with van der Waals surface area (Å²) in [7, 11) is 0. The molecule has 0 spiro atoms. The lowest BCUT2D eigenvalue weighted by Crippen LogP contribution is -2.39. The molecule has 1 aromatic heterocycles. The summed E-state index contributed by atoms with van der Waals surface area (Å²) in [6.07, 6.45) is 2.39. The van der Waals surface area contributed by atoms with E-state index in [1.54, 1.807) is 29.2 Å². The maximum atomic E-state index is 12.3. The number of carbonyl (C=O) groups excluding carboxylic acids is 2. The molecule has 1 unspecified atom stereocenters. The molecule has 2 aromatic carbocycles. The molecule has 0 bridgehead atoms. The first kappa shape index (κ1) is 16.8. The molecule has 0 saturated heterocycles. The molecule has 1 atom stereocenters. The maximum absolute atomic E-state index is 12.3. The summed E-state index contributed by atoms with van der Waals surface area (Å²) in [4.78, 5) is 24.4. The van der Waals surface area contributed by atoms with Crippen LogP contribution in [0.15, 0.2) is 67.0 Å². The van der Waals surface area contributed by atoms with Gasteiger partial charge in [0.2, 0.25) is 5.91 Å². The molecular formula is C20H18N4O3. The SMILES string of the molecule is O=C(CC1Oc2ccccc2NC1=O)Nc1cnn(Cc2ccccc2)c1. The molecule has 2 heterocycles. The summed E-state index contributed by atoms with van der Waals surface area (Å²) in [5, 5.41) is 9.76. The minimum absolute atomic E-state index is 0.0793. The Morgan fingerprint density at radius 1 is 1.15 bits per heavy atom. The molecule has 2 N–H and O–H groups in total. The number of amides is 2. The number of nitrogens with one attached hydrogen (secondary N) is 2. The van der Waals surface area contributed by atoms with E-state index in [4.69, 9.17) is 4.74 Å². The molecule has 1 aliphatic heterocycles. The van der Waals surface area contributed by atoms with Gasteiger partial charge >= 0.3 is 0 Å². The highest BCUT2D eigenvalue weighted by Gasteiger charge is 2.29. The van der Waals surface area contributed by atoms with E-state index in [1.165, 1.54) is 0 Å². The molecule has 27 heavy (non-hydrogen) atoms. The van der Waals surface area contributed by atoms with Crippen molar-refractivity contribution >= 4 is 23.2 Å². The van der Waals surface area contributed by atoms with E-state index in [2.05, 4.69) is 15.7 Å². The fourth-order valence-electron chi connectivity index (χ4n) is 2.89. The monoisotopic (exact) mass is 362 g/mol. The highest BCUT2D eigenvalue weighted by molar-refractivity contribution is 6.01. The van der Waals surface area contributed by atoms with Gasteiger partial charge in [-0.1, -0.05) is 42.5 Å². The third kappa shape index (κ3) is 3.98. The predicted molar refractivity (Wildman–Crippen MR) is 101 cm³/mol. The molecule has 2 amide bonds. The van der Waals surface area contributed by atoms with Crippen molar-refractivity contribution in [3.8, 4) is 5.75 Å². The normalized spacial score (nSPS) is 15.4. The van der Waals surface area contributed by atoms with E-state index in [0.717, 1.165) is 5.56 Å². The molecule has 0 saturated carbocycles. The van der Waals surface area contributed by atoms with Crippen molar-refractivity contribution in [2.75, 3.05) is 10.6 Å². The summed E-state index contributed by atoms with van der Waals surface area (Å²) >= 11 is 0. The van der Waals surface area contributed by atoms with Gasteiger partial charge in [0, 0.05) is 6.20 Å². The van der Waals surface area contributed by atoms with E-state index in [-0.39, 0.29) is 18.2 Å². The summed E-state index contributed by atoms with van der Waals surface area (Å²) in [5.41, 5.74) is 2.30. The number of hydrogen-bond donors (Lipinski definition) is 2. The molecule has 0 aliphatic carbocycles. The lowest BCUT2D eigenvalue weighted by Gasteiger charge is -2.25. The number of carbonyl (C=O) groups is 2. The van der Waals surface area contributed by atoms with Crippen LogP contribution < -0.4 is 15.4 Å². The van der Waals surface area contributed by atoms with E-state index < -0.39 is 6.10 Å². The first-order valence-corrected chi connectivity index (χ1v) is 8.60. The third-order valence-corrected chi connectivity index (χ3v) is 4.18. The summed E-state index contributed by atoms with van der Waals surface area (Å²) in [5.74, 6) is -0.0806. The molecule has 0 fully saturated rings. The van der Waals surface area contributed by atoms with Gasteiger partial charge in [-0.3, -0.25) is 14.3 Å². The predicted octanol–water partition coefficient (Wildman–Crippen LogP) is 2.66. The van der Waals surface area contributed by atoms with Gasteiger partial charge in [-0.2, -0.15) is 5.10 Å².